The van der Waals surface area contributed by atoms with Crippen LogP contribution in [0.2, 0.25) is 0 Å². The molecule has 3 nitrogen and oxygen atoms in total. The van der Waals surface area contributed by atoms with Gasteiger partial charge in [-0.25, -0.2) is 4.98 Å². The molecule has 1 aromatic heterocycles. The van der Waals surface area contributed by atoms with E-state index in [1.165, 1.54) is 0 Å². The number of anilines is 1. The SMILES string of the molecule is Cc1cc(NC(C)c2cscn2)c(C)cc1O. The van der Waals surface area contributed by atoms with Crippen LogP contribution in [0, 0.1) is 13.8 Å². The molecule has 90 valence electrons. The Morgan fingerprint density at radius 2 is 2.06 bits per heavy atom. The second-order valence-electron chi connectivity index (χ2n) is 4.23. The number of hydrogen-bond acceptors (Lipinski definition) is 4. The molecule has 0 fully saturated rings. The minimum atomic E-state index is 0.170. The van der Waals surface area contributed by atoms with Gasteiger partial charge in [-0.2, -0.15) is 0 Å². The van der Waals surface area contributed by atoms with E-state index in [4.69, 9.17) is 0 Å². The van der Waals surface area contributed by atoms with Gasteiger partial charge in [-0.15, -0.1) is 11.3 Å². The highest BCUT2D eigenvalue weighted by atomic mass is 32.1. The second kappa shape index (κ2) is 4.75. The van der Waals surface area contributed by atoms with Crippen molar-refractivity contribution in [2.24, 2.45) is 0 Å². The summed E-state index contributed by atoms with van der Waals surface area (Å²) >= 11 is 1.60. The van der Waals surface area contributed by atoms with Gasteiger partial charge >= 0.3 is 0 Å². The Labute approximate surface area is 105 Å². The van der Waals surface area contributed by atoms with Crippen LogP contribution in [0.1, 0.15) is 29.8 Å². The molecule has 0 aliphatic heterocycles. The minimum Gasteiger partial charge on any atom is -0.508 e. The van der Waals surface area contributed by atoms with Crippen LogP contribution >= 0.6 is 11.3 Å². The number of benzene rings is 1. The molecular weight excluding hydrogens is 232 g/mol. The molecule has 1 atom stereocenters. The third kappa shape index (κ3) is 2.58. The molecule has 1 unspecified atom stereocenters. The fraction of sp³-hybridized carbons (Fsp3) is 0.308. The average Bonchev–Trinajstić information content (AvgIpc) is 2.79. The normalized spacial score (nSPS) is 12.4. The van der Waals surface area contributed by atoms with E-state index >= 15 is 0 Å². The molecule has 0 radical (unpaired) electrons. The molecule has 0 spiro atoms. The summed E-state index contributed by atoms with van der Waals surface area (Å²) in [5.41, 5.74) is 5.84. The van der Waals surface area contributed by atoms with Crippen molar-refractivity contribution in [2.75, 3.05) is 5.32 Å². The number of phenols is 1. The lowest BCUT2D eigenvalue weighted by Crippen LogP contribution is -2.08. The zero-order valence-electron chi connectivity index (χ0n) is 10.2. The van der Waals surface area contributed by atoms with Crippen LogP contribution in [0.25, 0.3) is 0 Å². The molecule has 0 saturated carbocycles. The lowest BCUT2D eigenvalue weighted by molar-refractivity contribution is 0.470. The van der Waals surface area contributed by atoms with Crippen LogP contribution in [0.3, 0.4) is 0 Å². The molecular formula is C13H16N2OS. The Hall–Kier alpha value is -1.55. The number of nitrogens with one attached hydrogen (secondary N) is 1. The summed E-state index contributed by atoms with van der Waals surface area (Å²) in [7, 11) is 0. The van der Waals surface area contributed by atoms with E-state index in [1.54, 1.807) is 17.4 Å². The zero-order valence-corrected chi connectivity index (χ0v) is 11.0. The van der Waals surface area contributed by atoms with Gasteiger partial charge < -0.3 is 10.4 Å². The van der Waals surface area contributed by atoms with Crippen molar-refractivity contribution in [1.29, 1.82) is 0 Å². The highest BCUT2D eigenvalue weighted by molar-refractivity contribution is 7.07. The quantitative estimate of drug-likeness (QED) is 0.815. The van der Waals surface area contributed by atoms with E-state index in [2.05, 4.69) is 17.2 Å². The van der Waals surface area contributed by atoms with Gasteiger partial charge in [0.1, 0.15) is 5.75 Å². The number of phenolic OH excluding ortho intramolecular Hbond substituents is 1. The van der Waals surface area contributed by atoms with Gasteiger partial charge in [0.25, 0.3) is 0 Å². The van der Waals surface area contributed by atoms with Crippen LogP contribution < -0.4 is 5.32 Å². The lowest BCUT2D eigenvalue weighted by Gasteiger charge is -2.16. The third-order valence-corrected chi connectivity index (χ3v) is 3.41. The van der Waals surface area contributed by atoms with Gasteiger partial charge in [0, 0.05) is 11.1 Å². The van der Waals surface area contributed by atoms with E-state index in [9.17, 15) is 5.11 Å². The molecule has 0 amide bonds. The number of hydrogen-bond donors (Lipinski definition) is 2. The van der Waals surface area contributed by atoms with Crippen LogP contribution in [0.4, 0.5) is 5.69 Å². The standard InChI is InChI=1S/C13H16N2OS/c1-8-5-13(16)9(2)4-11(8)15-10(3)12-6-17-7-14-12/h4-7,10,15-16H,1-3H3. The summed E-state index contributed by atoms with van der Waals surface area (Å²) in [5, 5.41) is 15.1. The van der Waals surface area contributed by atoms with E-state index < -0.39 is 0 Å². The first-order valence-electron chi connectivity index (χ1n) is 5.52. The molecule has 2 aromatic rings. The molecule has 4 heteroatoms. The van der Waals surface area contributed by atoms with Crippen molar-refractivity contribution < 1.29 is 5.11 Å². The van der Waals surface area contributed by atoms with Crippen LogP contribution in [-0.4, -0.2) is 10.1 Å². The van der Waals surface area contributed by atoms with E-state index in [1.807, 2.05) is 30.8 Å². The van der Waals surface area contributed by atoms with E-state index in [0.29, 0.717) is 5.75 Å². The minimum absolute atomic E-state index is 0.170. The molecule has 17 heavy (non-hydrogen) atoms. The van der Waals surface area contributed by atoms with Gasteiger partial charge in [-0.3, -0.25) is 0 Å². The molecule has 0 bridgehead atoms. The van der Waals surface area contributed by atoms with Crippen molar-refractivity contribution in [1.82, 2.24) is 4.98 Å². The van der Waals surface area contributed by atoms with Crippen molar-refractivity contribution in [3.63, 3.8) is 0 Å². The smallest absolute Gasteiger partial charge is 0.118 e. The topological polar surface area (TPSA) is 45.2 Å². The number of rotatable bonds is 3. The monoisotopic (exact) mass is 248 g/mol. The molecule has 1 aromatic carbocycles. The summed E-state index contributed by atoms with van der Waals surface area (Å²) in [5.74, 6) is 0.342. The maximum Gasteiger partial charge on any atom is 0.118 e. The number of thiazole rings is 1. The summed E-state index contributed by atoms with van der Waals surface area (Å²) < 4.78 is 0. The Morgan fingerprint density at radius 1 is 1.29 bits per heavy atom. The van der Waals surface area contributed by atoms with Gasteiger partial charge in [0.2, 0.25) is 0 Å². The Kier molecular flexibility index (Phi) is 3.33. The summed E-state index contributed by atoms with van der Waals surface area (Å²) in [6, 6.07) is 3.92. The van der Waals surface area contributed by atoms with Gasteiger partial charge in [0.15, 0.2) is 0 Å². The predicted octanol–water partition coefficient (Wildman–Crippen LogP) is 3.64. The molecule has 1 heterocycles. The van der Waals surface area contributed by atoms with Crippen molar-refractivity contribution in [2.45, 2.75) is 26.8 Å². The Morgan fingerprint density at radius 3 is 2.71 bits per heavy atom. The lowest BCUT2D eigenvalue weighted by atomic mass is 10.1. The zero-order chi connectivity index (χ0) is 12.4. The molecule has 2 rings (SSSR count). The first-order chi connectivity index (χ1) is 8.08. The maximum atomic E-state index is 9.60. The summed E-state index contributed by atoms with van der Waals surface area (Å²) in [6.07, 6.45) is 0. The second-order valence-corrected chi connectivity index (χ2v) is 4.95. The summed E-state index contributed by atoms with van der Waals surface area (Å²) in [6.45, 7) is 5.96. The molecule has 2 N–H and O–H groups in total. The van der Waals surface area contributed by atoms with Gasteiger partial charge in [-0.05, 0) is 44.0 Å². The average molecular weight is 248 g/mol. The molecule has 0 aliphatic rings. The first kappa shape index (κ1) is 11.9. The third-order valence-electron chi connectivity index (χ3n) is 2.81. The Bertz CT molecular complexity index is 508. The summed E-state index contributed by atoms with van der Waals surface area (Å²) in [4.78, 5) is 4.29. The van der Waals surface area contributed by atoms with Crippen LogP contribution in [0.15, 0.2) is 23.0 Å². The van der Waals surface area contributed by atoms with E-state index in [-0.39, 0.29) is 6.04 Å². The predicted molar refractivity (Wildman–Crippen MR) is 71.7 cm³/mol. The van der Waals surface area contributed by atoms with Crippen LogP contribution in [0.5, 0.6) is 5.75 Å². The molecule has 0 aliphatic carbocycles. The highest BCUT2D eigenvalue weighted by Crippen LogP contribution is 2.27. The van der Waals surface area contributed by atoms with E-state index in [0.717, 1.165) is 22.5 Å². The number of aromatic nitrogens is 1. The number of aromatic hydroxyl groups is 1. The highest BCUT2D eigenvalue weighted by Gasteiger charge is 2.10. The van der Waals surface area contributed by atoms with Crippen molar-refractivity contribution >= 4 is 17.0 Å². The number of nitrogens with zero attached hydrogens (tertiary/aromatic N) is 1. The fourth-order valence-corrected chi connectivity index (χ4v) is 2.35. The maximum absolute atomic E-state index is 9.60. The van der Waals surface area contributed by atoms with Crippen molar-refractivity contribution in [3.8, 4) is 5.75 Å². The van der Waals surface area contributed by atoms with Crippen molar-refractivity contribution in [3.05, 3.63) is 39.8 Å². The van der Waals surface area contributed by atoms with Gasteiger partial charge in [0.05, 0.1) is 17.2 Å². The Balaban J connectivity index is 2.22. The largest absolute Gasteiger partial charge is 0.508 e. The number of aryl methyl sites for hydroxylation is 2. The molecule has 0 saturated heterocycles. The van der Waals surface area contributed by atoms with Gasteiger partial charge in [-0.1, -0.05) is 0 Å². The van der Waals surface area contributed by atoms with Crippen LogP contribution in [-0.2, 0) is 0 Å². The first-order valence-corrected chi connectivity index (χ1v) is 6.47. The fourth-order valence-electron chi connectivity index (χ4n) is 1.70.